The van der Waals surface area contributed by atoms with Gasteiger partial charge in [-0.2, -0.15) is 4.31 Å². The van der Waals surface area contributed by atoms with Crippen LogP contribution in [0.5, 0.6) is 0 Å². The predicted molar refractivity (Wildman–Crippen MR) is 106 cm³/mol. The Hall–Kier alpha value is -2.41. The van der Waals surface area contributed by atoms with Gasteiger partial charge in [-0.1, -0.05) is 0 Å². The minimum Gasteiger partial charge on any atom is -0.465 e. The van der Waals surface area contributed by atoms with E-state index in [-0.39, 0.29) is 48.4 Å². The van der Waals surface area contributed by atoms with Gasteiger partial charge in [0.2, 0.25) is 15.9 Å². The molecule has 0 unspecified atom stereocenters. The van der Waals surface area contributed by atoms with E-state index in [1.54, 1.807) is 16.3 Å². The first-order valence-electron chi connectivity index (χ1n) is 8.85. The zero-order chi connectivity index (χ0) is 21.9. The van der Waals surface area contributed by atoms with E-state index in [1.165, 1.54) is 11.4 Å². The number of carbonyl (C=O) groups is 2. The standard InChI is InChI=1S/C18H19F2N3O5S2/c1-28-18(25)17-15(4-9-29-17)21-16(24)11-22-5-7-23(8-6-22)30(26,27)12-2-3-13(19)14(20)10-12/h2-4,9-10H,5-8,11H2,1H3,(H,21,24). The Balaban J connectivity index is 1.56. The van der Waals surface area contributed by atoms with E-state index in [2.05, 4.69) is 10.1 Å². The second kappa shape index (κ2) is 9.16. The summed E-state index contributed by atoms with van der Waals surface area (Å²) in [6, 6.07) is 4.05. The average molecular weight is 459 g/mol. The molecule has 0 spiro atoms. The average Bonchev–Trinajstić information content (AvgIpc) is 3.17. The molecule has 1 N–H and O–H groups in total. The summed E-state index contributed by atoms with van der Waals surface area (Å²) in [6.45, 7) is 0.768. The van der Waals surface area contributed by atoms with Crippen molar-refractivity contribution in [3.05, 3.63) is 46.2 Å². The van der Waals surface area contributed by atoms with Gasteiger partial charge in [0, 0.05) is 26.2 Å². The van der Waals surface area contributed by atoms with Gasteiger partial charge in [-0.25, -0.2) is 22.0 Å². The number of rotatable bonds is 6. The van der Waals surface area contributed by atoms with E-state index in [9.17, 15) is 26.8 Å². The SMILES string of the molecule is COC(=O)c1sccc1NC(=O)CN1CCN(S(=O)(=O)c2ccc(F)c(F)c2)CC1. The molecule has 1 saturated heterocycles. The number of hydrogen-bond acceptors (Lipinski definition) is 7. The molecule has 1 fully saturated rings. The van der Waals surface area contributed by atoms with Gasteiger partial charge in [0.25, 0.3) is 0 Å². The van der Waals surface area contributed by atoms with Crippen LogP contribution in [0.3, 0.4) is 0 Å². The third kappa shape index (κ3) is 4.83. The number of benzene rings is 1. The fourth-order valence-electron chi connectivity index (χ4n) is 2.97. The van der Waals surface area contributed by atoms with Crippen molar-refractivity contribution < 1.29 is 31.5 Å². The number of hydrogen-bond donors (Lipinski definition) is 1. The first-order valence-corrected chi connectivity index (χ1v) is 11.2. The first kappa shape index (κ1) is 22.3. The van der Waals surface area contributed by atoms with E-state index in [0.717, 1.165) is 23.5 Å². The number of nitrogens with zero attached hydrogens (tertiary/aromatic N) is 2. The van der Waals surface area contributed by atoms with Crippen molar-refractivity contribution in [1.82, 2.24) is 9.21 Å². The number of anilines is 1. The maximum absolute atomic E-state index is 13.4. The predicted octanol–water partition coefficient (Wildman–Crippen LogP) is 1.76. The van der Waals surface area contributed by atoms with Crippen molar-refractivity contribution in [3.8, 4) is 0 Å². The molecular formula is C18H19F2N3O5S2. The van der Waals surface area contributed by atoms with Crippen LogP contribution < -0.4 is 5.32 Å². The lowest BCUT2D eigenvalue weighted by atomic mass is 10.3. The Morgan fingerprint density at radius 1 is 1.13 bits per heavy atom. The molecule has 0 bridgehead atoms. The van der Waals surface area contributed by atoms with Crippen LogP contribution in [-0.2, 0) is 19.6 Å². The lowest BCUT2D eigenvalue weighted by molar-refractivity contribution is -0.117. The Bertz CT molecular complexity index is 1050. The molecular weight excluding hydrogens is 440 g/mol. The molecule has 162 valence electrons. The van der Waals surface area contributed by atoms with Crippen molar-refractivity contribution >= 4 is 38.9 Å². The number of esters is 1. The monoisotopic (exact) mass is 459 g/mol. The molecule has 1 aliphatic rings. The molecule has 12 heteroatoms. The van der Waals surface area contributed by atoms with Gasteiger partial charge in [-0.3, -0.25) is 9.69 Å². The molecule has 0 atom stereocenters. The van der Waals surface area contributed by atoms with Crippen molar-refractivity contribution in [2.75, 3.05) is 45.2 Å². The third-order valence-electron chi connectivity index (χ3n) is 4.54. The molecule has 2 aromatic rings. The number of piperazine rings is 1. The quantitative estimate of drug-likeness (QED) is 0.662. The molecule has 0 radical (unpaired) electrons. The van der Waals surface area contributed by atoms with Crippen LogP contribution in [0.15, 0.2) is 34.5 Å². The second-order valence-electron chi connectivity index (χ2n) is 6.46. The number of thiophene rings is 1. The Morgan fingerprint density at radius 2 is 1.83 bits per heavy atom. The number of amides is 1. The van der Waals surface area contributed by atoms with E-state index in [4.69, 9.17) is 0 Å². The summed E-state index contributed by atoms with van der Waals surface area (Å²) < 4.78 is 57.5. The Kier molecular flexibility index (Phi) is 6.81. The minimum absolute atomic E-state index is 0.00945. The molecule has 3 rings (SSSR count). The van der Waals surface area contributed by atoms with Crippen LogP contribution >= 0.6 is 11.3 Å². The molecule has 2 heterocycles. The van der Waals surface area contributed by atoms with Gasteiger partial charge in [0.05, 0.1) is 24.2 Å². The number of sulfonamides is 1. The highest BCUT2D eigenvalue weighted by molar-refractivity contribution is 7.89. The van der Waals surface area contributed by atoms with Crippen molar-refractivity contribution in [2.24, 2.45) is 0 Å². The van der Waals surface area contributed by atoms with Gasteiger partial charge in [-0.05, 0) is 29.6 Å². The van der Waals surface area contributed by atoms with Gasteiger partial charge in [-0.15, -0.1) is 11.3 Å². The summed E-state index contributed by atoms with van der Waals surface area (Å²) >= 11 is 1.15. The van der Waals surface area contributed by atoms with Crippen molar-refractivity contribution in [2.45, 2.75) is 4.90 Å². The van der Waals surface area contributed by atoms with E-state index >= 15 is 0 Å². The van der Waals surface area contributed by atoms with Crippen molar-refractivity contribution in [1.29, 1.82) is 0 Å². The highest BCUT2D eigenvalue weighted by Gasteiger charge is 2.30. The van der Waals surface area contributed by atoms with Gasteiger partial charge in [0.15, 0.2) is 11.6 Å². The fraction of sp³-hybridized carbons (Fsp3) is 0.333. The smallest absolute Gasteiger partial charge is 0.350 e. The molecule has 0 aliphatic carbocycles. The van der Waals surface area contributed by atoms with Crippen molar-refractivity contribution in [3.63, 3.8) is 0 Å². The van der Waals surface area contributed by atoms with E-state index < -0.39 is 27.6 Å². The molecule has 1 aliphatic heterocycles. The minimum atomic E-state index is -3.96. The summed E-state index contributed by atoms with van der Waals surface area (Å²) in [7, 11) is -2.71. The summed E-state index contributed by atoms with van der Waals surface area (Å²) in [5.74, 6) is -3.25. The molecule has 1 aromatic heterocycles. The summed E-state index contributed by atoms with van der Waals surface area (Å²) in [4.78, 5) is 25.7. The van der Waals surface area contributed by atoms with Crippen LogP contribution in [0, 0.1) is 11.6 Å². The lowest BCUT2D eigenvalue weighted by Crippen LogP contribution is -2.50. The fourth-order valence-corrected chi connectivity index (χ4v) is 5.17. The second-order valence-corrected chi connectivity index (χ2v) is 9.31. The molecule has 0 saturated carbocycles. The van der Waals surface area contributed by atoms with Crippen LogP contribution in [0.25, 0.3) is 0 Å². The third-order valence-corrected chi connectivity index (χ3v) is 7.33. The normalized spacial score (nSPS) is 15.7. The number of ether oxygens (including phenoxy) is 1. The first-order chi connectivity index (χ1) is 14.2. The van der Waals surface area contributed by atoms with Crippen LogP contribution in [-0.4, -0.2) is 69.3 Å². The molecule has 1 amide bonds. The van der Waals surface area contributed by atoms with Crippen LogP contribution in [0.2, 0.25) is 0 Å². The highest BCUT2D eigenvalue weighted by atomic mass is 32.2. The van der Waals surface area contributed by atoms with E-state index in [0.29, 0.717) is 11.8 Å². The van der Waals surface area contributed by atoms with Crippen LogP contribution in [0.4, 0.5) is 14.5 Å². The molecule has 8 nitrogen and oxygen atoms in total. The Labute approximate surface area is 176 Å². The summed E-state index contributed by atoms with van der Waals surface area (Å²) in [5, 5.41) is 4.31. The van der Waals surface area contributed by atoms with Gasteiger partial charge >= 0.3 is 5.97 Å². The summed E-state index contributed by atoms with van der Waals surface area (Å²) in [5.41, 5.74) is 0.358. The Morgan fingerprint density at radius 3 is 2.47 bits per heavy atom. The zero-order valence-electron chi connectivity index (χ0n) is 15.9. The number of carbonyl (C=O) groups excluding carboxylic acids is 2. The number of halogens is 2. The summed E-state index contributed by atoms with van der Waals surface area (Å²) in [6.07, 6.45) is 0. The zero-order valence-corrected chi connectivity index (χ0v) is 17.6. The number of methoxy groups -OCH3 is 1. The maximum Gasteiger partial charge on any atom is 0.350 e. The molecule has 30 heavy (non-hydrogen) atoms. The maximum atomic E-state index is 13.4. The highest BCUT2D eigenvalue weighted by Crippen LogP contribution is 2.23. The van der Waals surface area contributed by atoms with E-state index in [1.807, 2.05) is 0 Å². The topological polar surface area (TPSA) is 96.0 Å². The molecule has 1 aromatic carbocycles. The largest absolute Gasteiger partial charge is 0.465 e. The van der Waals surface area contributed by atoms with Gasteiger partial charge in [0.1, 0.15) is 4.88 Å². The lowest BCUT2D eigenvalue weighted by Gasteiger charge is -2.33. The van der Waals surface area contributed by atoms with Crippen LogP contribution in [0.1, 0.15) is 9.67 Å². The number of nitrogens with one attached hydrogen (secondary N) is 1. The van der Waals surface area contributed by atoms with Gasteiger partial charge < -0.3 is 10.1 Å².